The maximum atomic E-state index is 8.43. The van der Waals surface area contributed by atoms with E-state index in [0.717, 1.165) is 16.9 Å². The highest BCUT2D eigenvalue weighted by molar-refractivity contribution is 5.73. The summed E-state index contributed by atoms with van der Waals surface area (Å²) in [5, 5.41) is 3.59. The van der Waals surface area contributed by atoms with Crippen LogP contribution in [-0.4, -0.2) is 7.11 Å². The van der Waals surface area contributed by atoms with Gasteiger partial charge in [0, 0.05) is 16.2 Å². The molecular formula is C13H11N3O. The Morgan fingerprint density at radius 2 is 1.88 bits per heavy atom. The number of hydrogen-bond acceptors (Lipinski definition) is 2. The van der Waals surface area contributed by atoms with Crippen LogP contribution in [0.15, 0.2) is 53.6 Å². The van der Waals surface area contributed by atoms with Crippen molar-refractivity contribution in [3.63, 3.8) is 0 Å². The monoisotopic (exact) mass is 225 g/mol. The number of ether oxygens (including phenoxy) is 1. The first kappa shape index (κ1) is 11.0. The van der Waals surface area contributed by atoms with Crippen LogP contribution in [0.3, 0.4) is 0 Å². The van der Waals surface area contributed by atoms with E-state index in [1.807, 2.05) is 36.4 Å². The fourth-order valence-electron chi connectivity index (χ4n) is 1.65. The predicted octanol–water partition coefficient (Wildman–Crippen LogP) is 4.30. The number of rotatable bonds is 3. The van der Waals surface area contributed by atoms with Crippen molar-refractivity contribution in [1.29, 1.82) is 0 Å². The van der Waals surface area contributed by atoms with E-state index in [2.05, 4.69) is 10.0 Å². The molecule has 0 radical (unpaired) electrons. The fourth-order valence-corrected chi connectivity index (χ4v) is 1.65. The summed E-state index contributed by atoms with van der Waals surface area (Å²) in [6.07, 6.45) is 0. The number of azide groups is 1. The Morgan fingerprint density at radius 3 is 2.53 bits per heavy atom. The van der Waals surface area contributed by atoms with E-state index in [9.17, 15) is 0 Å². The summed E-state index contributed by atoms with van der Waals surface area (Å²) in [4.78, 5) is 2.78. The Bertz CT molecular complexity index is 560. The first-order chi connectivity index (χ1) is 8.35. The highest BCUT2D eigenvalue weighted by Crippen LogP contribution is 2.33. The summed E-state index contributed by atoms with van der Waals surface area (Å²) in [6.45, 7) is 0. The Balaban J connectivity index is 2.57. The smallest absolute Gasteiger partial charge is 0.126 e. The second-order valence-electron chi connectivity index (χ2n) is 3.44. The molecule has 2 rings (SSSR count). The Morgan fingerprint density at radius 1 is 1.12 bits per heavy atom. The van der Waals surface area contributed by atoms with Gasteiger partial charge in [-0.05, 0) is 29.3 Å². The third-order valence-electron chi connectivity index (χ3n) is 2.43. The maximum Gasteiger partial charge on any atom is 0.126 e. The van der Waals surface area contributed by atoms with Crippen LogP contribution in [0.5, 0.6) is 5.75 Å². The van der Waals surface area contributed by atoms with Crippen molar-refractivity contribution in [2.45, 2.75) is 0 Å². The average Bonchev–Trinajstić information content (AvgIpc) is 2.40. The van der Waals surface area contributed by atoms with Gasteiger partial charge in [-0.3, -0.25) is 0 Å². The van der Waals surface area contributed by atoms with Crippen molar-refractivity contribution in [3.05, 3.63) is 59.0 Å². The molecule has 0 saturated heterocycles. The molecule has 2 aromatic rings. The zero-order valence-corrected chi connectivity index (χ0v) is 9.37. The van der Waals surface area contributed by atoms with E-state index < -0.39 is 0 Å². The topological polar surface area (TPSA) is 58.0 Å². The molecule has 0 fully saturated rings. The molecule has 4 nitrogen and oxygen atoms in total. The average molecular weight is 225 g/mol. The molecule has 0 saturated carbocycles. The van der Waals surface area contributed by atoms with Gasteiger partial charge in [-0.25, -0.2) is 0 Å². The quantitative estimate of drug-likeness (QED) is 0.436. The summed E-state index contributed by atoms with van der Waals surface area (Å²) in [7, 11) is 1.62. The van der Waals surface area contributed by atoms with E-state index in [0.29, 0.717) is 5.69 Å². The minimum absolute atomic E-state index is 0.576. The third kappa shape index (κ3) is 2.38. The fraction of sp³-hybridized carbons (Fsp3) is 0.0769. The van der Waals surface area contributed by atoms with Gasteiger partial charge in [0.1, 0.15) is 5.75 Å². The minimum Gasteiger partial charge on any atom is -0.496 e. The molecule has 0 bridgehead atoms. The molecule has 4 heteroatoms. The second kappa shape index (κ2) is 5.05. The standard InChI is InChI=1S/C13H11N3O/c1-17-13-8-7-11(15-16-14)9-12(13)10-5-3-2-4-6-10/h2-9H,1H3. The first-order valence-corrected chi connectivity index (χ1v) is 5.13. The van der Waals surface area contributed by atoms with Gasteiger partial charge >= 0.3 is 0 Å². The van der Waals surface area contributed by atoms with Crippen molar-refractivity contribution in [3.8, 4) is 16.9 Å². The first-order valence-electron chi connectivity index (χ1n) is 5.13. The Hall–Kier alpha value is -2.45. The van der Waals surface area contributed by atoms with Gasteiger partial charge in [0.2, 0.25) is 0 Å². The largest absolute Gasteiger partial charge is 0.496 e. The molecule has 0 amide bonds. The SMILES string of the molecule is COc1ccc(N=[N+]=[N-])cc1-c1ccccc1. The van der Waals surface area contributed by atoms with Crippen LogP contribution >= 0.6 is 0 Å². The van der Waals surface area contributed by atoms with E-state index in [1.165, 1.54) is 0 Å². The van der Waals surface area contributed by atoms with Crippen LogP contribution in [0.25, 0.3) is 21.6 Å². The molecule has 0 aliphatic rings. The van der Waals surface area contributed by atoms with E-state index in [1.54, 1.807) is 19.2 Å². The molecule has 0 unspecified atom stereocenters. The summed E-state index contributed by atoms with van der Waals surface area (Å²) >= 11 is 0. The van der Waals surface area contributed by atoms with Crippen LogP contribution in [0.4, 0.5) is 5.69 Å². The molecule has 0 aliphatic heterocycles. The number of benzene rings is 2. The molecule has 84 valence electrons. The maximum absolute atomic E-state index is 8.43. The van der Waals surface area contributed by atoms with Crippen molar-refractivity contribution in [2.75, 3.05) is 7.11 Å². The second-order valence-corrected chi connectivity index (χ2v) is 3.44. The summed E-state index contributed by atoms with van der Waals surface area (Å²) in [5.74, 6) is 0.757. The molecule has 0 N–H and O–H groups in total. The molecule has 17 heavy (non-hydrogen) atoms. The van der Waals surface area contributed by atoms with Gasteiger partial charge in [0.05, 0.1) is 7.11 Å². The van der Waals surface area contributed by atoms with Crippen LogP contribution < -0.4 is 4.74 Å². The lowest BCUT2D eigenvalue weighted by molar-refractivity contribution is 0.416. The lowest BCUT2D eigenvalue weighted by Crippen LogP contribution is -1.87. The highest BCUT2D eigenvalue weighted by Gasteiger charge is 2.05. The summed E-state index contributed by atoms with van der Waals surface area (Å²) in [5.41, 5.74) is 11.0. The molecule has 0 heterocycles. The van der Waals surface area contributed by atoms with Crippen LogP contribution in [0.1, 0.15) is 0 Å². The molecular weight excluding hydrogens is 214 g/mol. The lowest BCUT2D eigenvalue weighted by atomic mass is 10.0. The zero-order chi connectivity index (χ0) is 12.1. The lowest BCUT2D eigenvalue weighted by Gasteiger charge is -2.09. The Kier molecular flexibility index (Phi) is 3.28. The van der Waals surface area contributed by atoms with Crippen LogP contribution in [0.2, 0.25) is 0 Å². The van der Waals surface area contributed by atoms with Crippen LogP contribution in [0, 0.1) is 0 Å². The summed E-state index contributed by atoms with van der Waals surface area (Å²) < 4.78 is 5.30. The van der Waals surface area contributed by atoms with Gasteiger partial charge < -0.3 is 4.74 Å². The van der Waals surface area contributed by atoms with Crippen molar-refractivity contribution >= 4 is 5.69 Å². The highest BCUT2D eigenvalue weighted by atomic mass is 16.5. The number of methoxy groups -OCH3 is 1. The molecule has 0 spiro atoms. The van der Waals surface area contributed by atoms with Gasteiger partial charge in [0.25, 0.3) is 0 Å². The normalized spacial score (nSPS) is 9.47. The van der Waals surface area contributed by atoms with Gasteiger partial charge in [-0.2, -0.15) is 0 Å². The van der Waals surface area contributed by atoms with Crippen molar-refractivity contribution in [2.24, 2.45) is 5.11 Å². The third-order valence-corrected chi connectivity index (χ3v) is 2.43. The van der Waals surface area contributed by atoms with E-state index in [4.69, 9.17) is 10.3 Å². The molecule has 0 aromatic heterocycles. The van der Waals surface area contributed by atoms with Gasteiger partial charge in [0.15, 0.2) is 0 Å². The zero-order valence-electron chi connectivity index (χ0n) is 9.37. The van der Waals surface area contributed by atoms with E-state index in [-0.39, 0.29) is 0 Å². The van der Waals surface area contributed by atoms with E-state index >= 15 is 0 Å². The molecule has 0 aliphatic carbocycles. The molecule has 2 aromatic carbocycles. The van der Waals surface area contributed by atoms with Crippen LogP contribution in [-0.2, 0) is 0 Å². The Labute approximate surface area is 99.1 Å². The minimum atomic E-state index is 0.576. The number of hydrogen-bond donors (Lipinski definition) is 0. The predicted molar refractivity (Wildman–Crippen MR) is 67.2 cm³/mol. The van der Waals surface area contributed by atoms with Crippen molar-refractivity contribution in [1.82, 2.24) is 0 Å². The number of nitrogens with zero attached hydrogens (tertiary/aromatic N) is 3. The van der Waals surface area contributed by atoms with Crippen molar-refractivity contribution < 1.29 is 4.74 Å². The summed E-state index contributed by atoms with van der Waals surface area (Å²) in [6, 6.07) is 15.2. The van der Waals surface area contributed by atoms with Gasteiger partial charge in [-0.15, -0.1) is 0 Å². The van der Waals surface area contributed by atoms with Gasteiger partial charge in [-0.1, -0.05) is 35.4 Å². The molecule has 0 atom stereocenters.